The van der Waals surface area contributed by atoms with E-state index in [2.05, 4.69) is 10.6 Å². The van der Waals surface area contributed by atoms with E-state index in [1.807, 2.05) is 12.1 Å². The Kier molecular flexibility index (Phi) is 3.38. The molecule has 0 aromatic heterocycles. The van der Waals surface area contributed by atoms with Gasteiger partial charge in [-0.3, -0.25) is 4.79 Å². The normalized spacial score (nSPS) is 12.6. The molecule has 21 heavy (non-hydrogen) atoms. The van der Waals surface area contributed by atoms with Gasteiger partial charge in [0, 0.05) is 18.7 Å². The summed E-state index contributed by atoms with van der Waals surface area (Å²) >= 11 is 0. The molecule has 0 bridgehead atoms. The molecule has 0 spiro atoms. The highest BCUT2D eigenvalue weighted by Crippen LogP contribution is 2.21. The number of fused-ring (bicyclic) bond motifs is 1. The minimum absolute atomic E-state index is 0.159. The topological polar surface area (TPSA) is 64.9 Å². The molecular weight excluding hydrogens is 269 g/mol. The molecule has 5 heteroatoms. The molecule has 0 saturated carbocycles. The predicted molar refractivity (Wildman–Crippen MR) is 76.1 cm³/mol. The summed E-state index contributed by atoms with van der Waals surface area (Å²) in [6, 6.07) is 11.4. The zero-order chi connectivity index (χ0) is 14.8. The second kappa shape index (κ2) is 5.35. The zero-order valence-electron chi connectivity index (χ0n) is 11.1. The molecule has 0 radical (unpaired) electrons. The molecule has 0 atom stereocenters. The van der Waals surface area contributed by atoms with Crippen molar-refractivity contribution < 1.29 is 9.18 Å². The summed E-state index contributed by atoms with van der Waals surface area (Å²) < 4.78 is 13.5. The fourth-order valence-corrected chi connectivity index (χ4v) is 2.37. The first kappa shape index (κ1) is 13.3. The molecule has 2 aromatic rings. The van der Waals surface area contributed by atoms with E-state index in [9.17, 15) is 9.18 Å². The maximum absolute atomic E-state index is 13.5. The minimum Gasteiger partial charge on any atom is -0.321 e. The van der Waals surface area contributed by atoms with Gasteiger partial charge in [0.05, 0.1) is 5.69 Å². The van der Waals surface area contributed by atoms with E-state index in [1.54, 1.807) is 12.1 Å². The van der Waals surface area contributed by atoms with Gasteiger partial charge in [0.2, 0.25) is 0 Å². The summed E-state index contributed by atoms with van der Waals surface area (Å²) in [6.45, 7) is 1.54. The Morgan fingerprint density at radius 2 is 2.05 bits per heavy atom. The lowest BCUT2D eigenvalue weighted by atomic mass is 10.1. The Hall–Kier alpha value is -2.71. The van der Waals surface area contributed by atoms with Crippen LogP contribution < -0.4 is 10.6 Å². The van der Waals surface area contributed by atoms with Crippen molar-refractivity contribution in [3.8, 4) is 6.07 Å². The van der Waals surface area contributed by atoms with Gasteiger partial charge in [0.1, 0.15) is 17.4 Å². The second-order valence-electron chi connectivity index (χ2n) is 4.82. The molecule has 0 unspecified atom stereocenters. The van der Waals surface area contributed by atoms with Crippen molar-refractivity contribution in [2.24, 2.45) is 0 Å². The van der Waals surface area contributed by atoms with Crippen LogP contribution in [0.5, 0.6) is 0 Å². The van der Waals surface area contributed by atoms with Crippen LogP contribution >= 0.6 is 0 Å². The number of nitrogens with zero attached hydrogens (tertiary/aromatic N) is 1. The third-order valence-electron chi connectivity index (χ3n) is 3.47. The first-order valence-corrected chi connectivity index (χ1v) is 6.51. The van der Waals surface area contributed by atoms with Crippen LogP contribution in [0.4, 0.5) is 10.1 Å². The molecule has 2 N–H and O–H groups in total. The molecule has 1 amide bonds. The van der Waals surface area contributed by atoms with Crippen molar-refractivity contribution in [1.29, 1.82) is 5.26 Å². The maximum atomic E-state index is 13.5. The third-order valence-corrected chi connectivity index (χ3v) is 3.47. The highest BCUT2D eigenvalue weighted by Gasteiger charge is 2.15. The molecule has 0 saturated heterocycles. The number of hydrogen-bond donors (Lipinski definition) is 2. The van der Waals surface area contributed by atoms with Crippen molar-refractivity contribution in [1.82, 2.24) is 5.32 Å². The standard InChI is InChI=1S/C16H12FN3O/c17-14-2-1-3-15(13(14)7-18)20-16(21)10-4-5-11-8-19-9-12(11)6-10/h1-6,19H,8-9H2,(H,20,21). The lowest BCUT2D eigenvalue weighted by Crippen LogP contribution is -2.13. The number of nitrogens with one attached hydrogen (secondary N) is 2. The number of nitriles is 1. The summed E-state index contributed by atoms with van der Waals surface area (Å²) in [5.41, 5.74) is 2.78. The number of amides is 1. The highest BCUT2D eigenvalue weighted by atomic mass is 19.1. The van der Waals surface area contributed by atoms with E-state index in [1.165, 1.54) is 23.8 Å². The number of carbonyl (C=O) groups is 1. The Morgan fingerprint density at radius 3 is 2.86 bits per heavy atom. The summed E-state index contributed by atoms with van der Waals surface area (Å²) in [5.74, 6) is -1.000. The van der Waals surface area contributed by atoms with Gasteiger partial charge < -0.3 is 10.6 Å². The summed E-state index contributed by atoms with van der Waals surface area (Å²) in [7, 11) is 0. The van der Waals surface area contributed by atoms with Crippen molar-refractivity contribution in [3.63, 3.8) is 0 Å². The van der Waals surface area contributed by atoms with Gasteiger partial charge in [-0.25, -0.2) is 4.39 Å². The molecule has 104 valence electrons. The van der Waals surface area contributed by atoms with E-state index in [0.717, 1.165) is 18.7 Å². The molecule has 2 aromatic carbocycles. The number of benzene rings is 2. The van der Waals surface area contributed by atoms with Crippen LogP contribution in [0.1, 0.15) is 27.0 Å². The van der Waals surface area contributed by atoms with Gasteiger partial charge in [-0.15, -0.1) is 0 Å². The third kappa shape index (κ3) is 2.49. The maximum Gasteiger partial charge on any atom is 0.255 e. The quantitative estimate of drug-likeness (QED) is 0.889. The molecule has 0 aliphatic carbocycles. The van der Waals surface area contributed by atoms with Crippen LogP contribution in [-0.4, -0.2) is 5.91 Å². The van der Waals surface area contributed by atoms with Crippen LogP contribution in [0.15, 0.2) is 36.4 Å². The van der Waals surface area contributed by atoms with Crippen molar-refractivity contribution >= 4 is 11.6 Å². The fraction of sp³-hybridized carbons (Fsp3) is 0.125. The van der Waals surface area contributed by atoms with Crippen LogP contribution in [0.25, 0.3) is 0 Å². The first-order chi connectivity index (χ1) is 10.2. The first-order valence-electron chi connectivity index (χ1n) is 6.51. The second-order valence-corrected chi connectivity index (χ2v) is 4.82. The molecule has 3 rings (SSSR count). The Morgan fingerprint density at radius 1 is 1.24 bits per heavy atom. The predicted octanol–water partition coefficient (Wildman–Crippen LogP) is 2.55. The largest absolute Gasteiger partial charge is 0.321 e. The van der Waals surface area contributed by atoms with E-state index >= 15 is 0 Å². The van der Waals surface area contributed by atoms with Crippen LogP contribution in [-0.2, 0) is 13.1 Å². The van der Waals surface area contributed by atoms with Gasteiger partial charge in [0.15, 0.2) is 0 Å². The monoisotopic (exact) mass is 281 g/mol. The lowest BCUT2D eigenvalue weighted by Gasteiger charge is -2.08. The summed E-state index contributed by atoms with van der Waals surface area (Å²) in [6.07, 6.45) is 0. The van der Waals surface area contributed by atoms with Gasteiger partial charge in [-0.1, -0.05) is 12.1 Å². The number of anilines is 1. The van der Waals surface area contributed by atoms with E-state index in [0.29, 0.717) is 5.56 Å². The molecule has 1 aliphatic heterocycles. The highest BCUT2D eigenvalue weighted by molar-refractivity contribution is 6.05. The van der Waals surface area contributed by atoms with Crippen LogP contribution in [0.3, 0.4) is 0 Å². The Bertz CT molecular complexity index is 765. The molecule has 1 aliphatic rings. The minimum atomic E-state index is -0.645. The average Bonchev–Trinajstić information content (AvgIpc) is 2.94. The van der Waals surface area contributed by atoms with Crippen molar-refractivity contribution in [2.75, 3.05) is 5.32 Å². The summed E-state index contributed by atoms with van der Waals surface area (Å²) in [5, 5.41) is 14.8. The van der Waals surface area contributed by atoms with Crippen LogP contribution in [0, 0.1) is 17.1 Å². The molecular formula is C16H12FN3O. The molecule has 1 heterocycles. The van der Waals surface area contributed by atoms with E-state index in [-0.39, 0.29) is 17.2 Å². The molecule has 4 nitrogen and oxygen atoms in total. The SMILES string of the molecule is N#Cc1c(F)cccc1NC(=O)c1ccc2c(c1)CNC2. The summed E-state index contributed by atoms with van der Waals surface area (Å²) in [4.78, 5) is 12.2. The molecule has 0 fully saturated rings. The smallest absolute Gasteiger partial charge is 0.255 e. The lowest BCUT2D eigenvalue weighted by molar-refractivity contribution is 0.102. The number of carbonyl (C=O) groups excluding carboxylic acids is 1. The zero-order valence-corrected chi connectivity index (χ0v) is 11.1. The average molecular weight is 281 g/mol. The van der Waals surface area contributed by atoms with Crippen LogP contribution in [0.2, 0.25) is 0 Å². The van der Waals surface area contributed by atoms with Gasteiger partial charge in [0.25, 0.3) is 5.91 Å². The Labute approximate surface area is 121 Å². The van der Waals surface area contributed by atoms with E-state index < -0.39 is 5.82 Å². The van der Waals surface area contributed by atoms with Gasteiger partial charge in [-0.2, -0.15) is 5.26 Å². The number of halogens is 1. The van der Waals surface area contributed by atoms with Gasteiger partial charge in [-0.05, 0) is 35.4 Å². The van der Waals surface area contributed by atoms with Gasteiger partial charge >= 0.3 is 0 Å². The fourth-order valence-electron chi connectivity index (χ4n) is 2.37. The number of hydrogen-bond acceptors (Lipinski definition) is 3. The number of rotatable bonds is 2. The van der Waals surface area contributed by atoms with Crippen molar-refractivity contribution in [3.05, 3.63) is 64.5 Å². The van der Waals surface area contributed by atoms with E-state index in [4.69, 9.17) is 5.26 Å². The van der Waals surface area contributed by atoms with Crippen molar-refractivity contribution in [2.45, 2.75) is 13.1 Å². The Balaban J connectivity index is 1.87.